The van der Waals surface area contributed by atoms with E-state index < -0.39 is 0 Å². The van der Waals surface area contributed by atoms with Gasteiger partial charge in [0, 0.05) is 33.1 Å². The van der Waals surface area contributed by atoms with E-state index in [9.17, 15) is 0 Å². The molecule has 0 aliphatic rings. The minimum Gasteiger partial charge on any atom is -0.359 e. The molecule has 2 nitrogen and oxygen atoms in total. The summed E-state index contributed by atoms with van der Waals surface area (Å²) in [5.74, 6) is 0. The van der Waals surface area contributed by atoms with Crippen LogP contribution < -0.4 is 0 Å². The van der Waals surface area contributed by atoms with Gasteiger partial charge in [0.05, 0.1) is 0 Å². The van der Waals surface area contributed by atoms with Crippen LogP contribution in [0.5, 0.6) is 0 Å². The molecule has 0 aromatic heterocycles. The van der Waals surface area contributed by atoms with Crippen LogP contribution in [-0.4, -0.2) is 39.9 Å². The Morgan fingerprint density at radius 1 is 1.17 bits per heavy atom. The van der Waals surface area contributed by atoms with Crippen molar-refractivity contribution >= 4 is 18.9 Å². The summed E-state index contributed by atoms with van der Waals surface area (Å²) < 4.78 is 8.94. The first kappa shape index (κ1) is 9.72. The van der Waals surface area contributed by atoms with Crippen LogP contribution in [0.1, 0.15) is 0 Å². The first-order chi connectivity index (χ1) is 2.41. The molecule has 0 bridgehead atoms. The van der Waals surface area contributed by atoms with E-state index in [1.165, 1.54) is 0 Å². The van der Waals surface area contributed by atoms with Gasteiger partial charge < -0.3 is 9.47 Å². The number of methoxy groups -OCH3 is 2. The molecule has 0 saturated heterocycles. The van der Waals surface area contributed by atoms with Crippen LogP contribution in [0, 0.1) is 0 Å². The van der Waals surface area contributed by atoms with Crippen molar-refractivity contribution in [2.75, 3.05) is 21.0 Å². The third-order valence-electron chi connectivity index (χ3n) is 0.236. The predicted octanol–water partition coefficient (Wildman–Crippen LogP) is -0.144. The molecule has 0 fully saturated rings. The summed E-state index contributed by atoms with van der Waals surface area (Å²) in [4.78, 5) is 0. The zero-order chi connectivity index (χ0) is 4.12. The molecule has 0 aromatic rings. The Balaban J connectivity index is 0. The normalized spacial score (nSPS) is 7.00. The van der Waals surface area contributed by atoms with Crippen molar-refractivity contribution in [1.29, 1.82) is 0 Å². The summed E-state index contributed by atoms with van der Waals surface area (Å²) in [6, 6.07) is 0. The van der Waals surface area contributed by atoms with Gasteiger partial charge in [-0.3, -0.25) is 0 Å². The monoisotopic (exact) mass is 83.1 g/mol. The smallest absolute Gasteiger partial charge is 0.145 e. The van der Waals surface area contributed by atoms with E-state index in [1.807, 2.05) is 0 Å². The van der Waals surface area contributed by atoms with Crippen molar-refractivity contribution in [2.45, 2.75) is 0 Å². The van der Waals surface area contributed by atoms with Gasteiger partial charge in [-0.15, -0.1) is 0 Å². The second-order valence-electron chi connectivity index (χ2n) is 0.695. The summed E-state index contributed by atoms with van der Waals surface area (Å²) in [6.45, 7) is 0.389. The molecule has 0 spiro atoms. The molecule has 0 amide bonds. The first-order valence-corrected chi connectivity index (χ1v) is 1.39. The molecule has 0 aromatic carbocycles. The molecule has 0 heterocycles. The molecule has 0 N–H and O–H groups in total. The Bertz CT molecular complexity index is 16.3. The van der Waals surface area contributed by atoms with Crippen LogP contribution >= 0.6 is 0 Å². The van der Waals surface area contributed by atoms with E-state index in [0.29, 0.717) is 6.79 Å². The van der Waals surface area contributed by atoms with Crippen molar-refractivity contribution in [3.63, 3.8) is 0 Å². The molecular weight excluding hydrogens is 75.0 g/mol. The number of rotatable bonds is 2. The third-order valence-corrected chi connectivity index (χ3v) is 0.236. The maximum absolute atomic E-state index is 4.47. The molecule has 0 aliphatic heterocycles. The van der Waals surface area contributed by atoms with Gasteiger partial charge in [-0.2, -0.15) is 0 Å². The summed E-state index contributed by atoms with van der Waals surface area (Å²) in [6.07, 6.45) is 0. The maximum Gasteiger partial charge on any atom is 0.145 e. The van der Waals surface area contributed by atoms with Gasteiger partial charge in [0.15, 0.2) is 0 Å². The van der Waals surface area contributed by atoms with Gasteiger partial charge in [0.25, 0.3) is 0 Å². The molecular formula is C3H8LiO2. The van der Waals surface area contributed by atoms with E-state index in [4.69, 9.17) is 0 Å². The van der Waals surface area contributed by atoms with Crippen LogP contribution in [0.25, 0.3) is 0 Å². The number of hydrogen-bond acceptors (Lipinski definition) is 2. The van der Waals surface area contributed by atoms with Crippen molar-refractivity contribution in [2.24, 2.45) is 0 Å². The van der Waals surface area contributed by atoms with Gasteiger partial charge in [0.1, 0.15) is 6.79 Å². The van der Waals surface area contributed by atoms with E-state index in [2.05, 4.69) is 9.47 Å². The van der Waals surface area contributed by atoms with Crippen LogP contribution in [0.4, 0.5) is 0 Å². The average molecular weight is 83.0 g/mol. The van der Waals surface area contributed by atoms with Gasteiger partial charge in [-0.1, -0.05) is 0 Å². The summed E-state index contributed by atoms with van der Waals surface area (Å²) in [7, 11) is 3.17. The summed E-state index contributed by atoms with van der Waals surface area (Å²) in [5, 5.41) is 0. The Kier molecular flexibility index (Phi) is 14.7. The fourth-order valence-electron chi connectivity index (χ4n) is 0.118. The van der Waals surface area contributed by atoms with Crippen LogP contribution in [-0.2, 0) is 9.47 Å². The second kappa shape index (κ2) is 9.10. The van der Waals surface area contributed by atoms with Crippen LogP contribution in [0.2, 0.25) is 0 Å². The van der Waals surface area contributed by atoms with E-state index in [-0.39, 0.29) is 18.9 Å². The Labute approximate surface area is 50.0 Å². The Morgan fingerprint density at radius 2 is 1.50 bits per heavy atom. The largest absolute Gasteiger partial charge is 0.359 e. The molecule has 0 unspecified atom stereocenters. The molecule has 0 saturated carbocycles. The van der Waals surface area contributed by atoms with E-state index >= 15 is 0 Å². The number of ether oxygens (including phenoxy) is 2. The third kappa shape index (κ3) is 8.82. The van der Waals surface area contributed by atoms with Crippen LogP contribution in [0.3, 0.4) is 0 Å². The first-order valence-electron chi connectivity index (χ1n) is 1.39. The van der Waals surface area contributed by atoms with Gasteiger partial charge in [-0.05, 0) is 0 Å². The minimum absolute atomic E-state index is 0. The second-order valence-corrected chi connectivity index (χ2v) is 0.695. The Morgan fingerprint density at radius 3 is 1.50 bits per heavy atom. The molecule has 3 heteroatoms. The fraction of sp³-hybridized carbons (Fsp3) is 1.00. The van der Waals surface area contributed by atoms with Gasteiger partial charge >= 0.3 is 0 Å². The molecule has 0 aliphatic carbocycles. The zero-order valence-electron chi connectivity index (χ0n) is 4.52. The topological polar surface area (TPSA) is 18.5 Å². The van der Waals surface area contributed by atoms with E-state index in [1.54, 1.807) is 14.2 Å². The molecule has 6 heavy (non-hydrogen) atoms. The molecule has 1 radical (unpaired) electrons. The van der Waals surface area contributed by atoms with Crippen molar-refractivity contribution in [1.82, 2.24) is 0 Å². The van der Waals surface area contributed by atoms with Gasteiger partial charge in [-0.25, -0.2) is 0 Å². The summed E-state index contributed by atoms with van der Waals surface area (Å²) >= 11 is 0. The van der Waals surface area contributed by atoms with Gasteiger partial charge in [0.2, 0.25) is 0 Å². The molecule has 33 valence electrons. The number of hydrogen-bond donors (Lipinski definition) is 0. The Hall–Kier alpha value is 0.517. The zero-order valence-corrected chi connectivity index (χ0v) is 4.52. The fourth-order valence-corrected chi connectivity index (χ4v) is 0.118. The van der Waals surface area contributed by atoms with Crippen molar-refractivity contribution in [3.8, 4) is 0 Å². The van der Waals surface area contributed by atoms with Crippen molar-refractivity contribution < 1.29 is 9.47 Å². The SMILES string of the molecule is COCOC.[Li]. The predicted molar refractivity (Wildman–Crippen MR) is 24.6 cm³/mol. The van der Waals surface area contributed by atoms with Crippen LogP contribution in [0.15, 0.2) is 0 Å². The van der Waals surface area contributed by atoms with Crippen molar-refractivity contribution in [3.05, 3.63) is 0 Å². The molecule has 0 atom stereocenters. The maximum atomic E-state index is 4.47. The standard InChI is InChI=1S/C3H8O2.Li/c1-4-3-5-2;/h3H2,1-2H3;. The average Bonchev–Trinajstić information content (AvgIpc) is 1.41. The summed E-state index contributed by atoms with van der Waals surface area (Å²) in [5.41, 5.74) is 0. The molecule has 0 rings (SSSR count). The quantitative estimate of drug-likeness (QED) is 0.341. The van der Waals surface area contributed by atoms with E-state index in [0.717, 1.165) is 0 Å². The minimum atomic E-state index is 0.